The second-order valence-electron chi connectivity index (χ2n) is 8.82. The number of anilines is 1. The minimum Gasteiger partial charge on any atom is -0.487 e. The van der Waals surface area contributed by atoms with Crippen molar-refractivity contribution in [2.24, 2.45) is 0 Å². The average molecular weight is 447 g/mol. The molecule has 0 saturated carbocycles. The molecule has 0 radical (unpaired) electrons. The first-order valence-corrected chi connectivity index (χ1v) is 11.1. The first-order valence-electron chi connectivity index (χ1n) is 10.7. The van der Waals surface area contributed by atoms with Crippen molar-refractivity contribution < 1.29 is 4.74 Å². The van der Waals surface area contributed by atoms with Gasteiger partial charge in [-0.05, 0) is 61.0 Å². The van der Waals surface area contributed by atoms with E-state index in [1.807, 2.05) is 13.0 Å². The maximum Gasteiger partial charge on any atom is 0.166 e. The summed E-state index contributed by atoms with van der Waals surface area (Å²) in [7, 11) is 0. The summed E-state index contributed by atoms with van der Waals surface area (Å²) in [6.45, 7) is 7.23. The number of fused-ring (bicyclic) bond motifs is 6. The lowest BCUT2D eigenvalue weighted by molar-refractivity contribution is 0.292. The minimum atomic E-state index is -0.257. The Morgan fingerprint density at radius 1 is 1.22 bits per heavy atom. The van der Waals surface area contributed by atoms with E-state index in [4.69, 9.17) is 16.3 Å². The third kappa shape index (κ3) is 2.77. The average Bonchev–Trinajstić information content (AvgIpc) is 3.41. The SMILES string of the molecule is Cc1ccc2[nH]c3c(OCCn4nnnc4C)c4c(cc3c2c1)C1(C)C=C(Cl)C=CC1N4. The molecule has 1 aliphatic carbocycles. The Morgan fingerprint density at radius 2 is 2.09 bits per heavy atom. The number of rotatable bonds is 4. The van der Waals surface area contributed by atoms with E-state index < -0.39 is 0 Å². The number of halogens is 1. The lowest BCUT2D eigenvalue weighted by Crippen LogP contribution is -2.34. The van der Waals surface area contributed by atoms with Crippen LogP contribution in [0.3, 0.4) is 0 Å². The van der Waals surface area contributed by atoms with Gasteiger partial charge in [0.25, 0.3) is 0 Å². The smallest absolute Gasteiger partial charge is 0.166 e. The van der Waals surface area contributed by atoms with Crippen LogP contribution in [-0.4, -0.2) is 37.8 Å². The van der Waals surface area contributed by atoms with Crippen LogP contribution in [0.15, 0.2) is 47.5 Å². The van der Waals surface area contributed by atoms with Gasteiger partial charge in [-0.3, -0.25) is 0 Å². The summed E-state index contributed by atoms with van der Waals surface area (Å²) in [5, 5.41) is 18.5. The fraction of sp³-hybridized carbons (Fsp3) is 0.292. The molecule has 2 N–H and O–H groups in total. The molecule has 2 aromatic heterocycles. The number of nitrogens with zero attached hydrogens (tertiary/aromatic N) is 4. The predicted molar refractivity (Wildman–Crippen MR) is 126 cm³/mol. The number of aromatic amines is 1. The zero-order chi connectivity index (χ0) is 22.0. The van der Waals surface area contributed by atoms with Crippen LogP contribution in [0.1, 0.15) is 23.9 Å². The Bertz CT molecular complexity index is 1450. The molecule has 2 atom stereocenters. The number of hydrogen-bond donors (Lipinski definition) is 2. The van der Waals surface area contributed by atoms with Gasteiger partial charge in [-0.2, -0.15) is 0 Å². The molecule has 162 valence electrons. The molecule has 0 bridgehead atoms. The molecule has 32 heavy (non-hydrogen) atoms. The number of tetrazole rings is 1. The van der Waals surface area contributed by atoms with E-state index in [-0.39, 0.29) is 11.5 Å². The first-order chi connectivity index (χ1) is 15.4. The van der Waals surface area contributed by atoms with Crippen LogP contribution in [0, 0.1) is 13.8 Å². The van der Waals surface area contributed by atoms with Gasteiger partial charge in [-0.1, -0.05) is 35.4 Å². The van der Waals surface area contributed by atoms with Crippen molar-refractivity contribution in [3.05, 3.63) is 64.5 Å². The van der Waals surface area contributed by atoms with Crippen LogP contribution in [0.4, 0.5) is 5.69 Å². The summed E-state index contributed by atoms with van der Waals surface area (Å²) in [6, 6.07) is 8.87. The van der Waals surface area contributed by atoms with Crippen molar-refractivity contribution in [1.82, 2.24) is 25.2 Å². The van der Waals surface area contributed by atoms with Gasteiger partial charge in [0.1, 0.15) is 12.4 Å². The van der Waals surface area contributed by atoms with Gasteiger partial charge in [0.2, 0.25) is 0 Å². The van der Waals surface area contributed by atoms with Crippen molar-refractivity contribution in [2.75, 3.05) is 11.9 Å². The van der Waals surface area contributed by atoms with E-state index in [1.165, 1.54) is 16.5 Å². The highest BCUT2D eigenvalue weighted by Gasteiger charge is 2.44. The zero-order valence-corrected chi connectivity index (χ0v) is 18.9. The molecule has 2 aromatic carbocycles. The number of aromatic nitrogens is 5. The Labute approximate surface area is 190 Å². The van der Waals surface area contributed by atoms with E-state index in [0.717, 1.165) is 38.7 Å². The van der Waals surface area contributed by atoms with Gasteiger partial charge in [0, 0.05) is 26.7 Å². The highest BCUT2D eigenvalue weighted by molar-refractivity contribution is 6.31. The van der Waals surface area contributed by atoms with Crippen LogP contribution in [0.25, 0.3) is 21.8 Å². The number of ether oxygens (including phenoxy) is 1. The van der Waals surface area contributed by atoms with E-state index in [1.54, 1.807) is 4.68 Å². The molecule has 3 heterocycles. The maximum atomic E-state index is 6.44. The standard InChI is InChI=1S/C24H23ClN6O/c1-13-4-6-19-16(10-13)17-11-18-22(27-20-7-5-15(25)12-24(18,20)3)23(21(17)26-19)32-9-8-31-14(2)28-29-30-31/h4-7,10-12,20,26-27H,8-9H2,1-3H3. The highest BCUT2D eigenvalue weighted by atomic mass is 35.5. The predicted octanol–water partition coefficient (Wildman–Crippen LogP) is 4.75. The minimum absolute atomic E-state index is 0.114. The topological polar surface area (TPSA) is 80.7 Å². The largest absolute Gasteiger partial charge is 0.487 e. The molecule has 0 spiro atoms. The number of H-pyrrole nitrogens is 1. The molecule has 2 aliphatic rings. The second kappa shape index (κ2) is 6.84. The van der Waals surface area contributed by atoms with Crippen LogP contribution in [0.2, 0.25) is 0 Å². The summed E-state index contributed by atoms with van der Waals surface area (Å²) in [6.07, 6.45) is 6.23. The lowest BCUT2D eigenvalue weighted by Gasteiger charge is -2.29. The fourth-order valence-corrected chi connectivity index (χ4v) is 5.23. The van der Waals surface area contributed by atoms with Crippen molar-refractivity contribution >= 4 is 39.1 Å². The van der Waals surface area contributed by atoms with Gasteiger partial charge >= 0.3 is 0 Å². The van der Waals surface area contributed by atoms with E-state index in [0.29, 0.717) is 13.2 Å². The molecule has 0 saturated heterocycles. The normalized spacial score (nSPS) is 21.5. The van der Waals surface area contributed by atoms with Gasteiger partial charge in [-0.25, -0.2) is 4.68 Å². The molecule has 4 aromatic rings. The molecule has 0 amide bonds. The summed E-state index contributed by atoms with van der Waals surface area (Å²) in [5.74, 6) is 1.59. The number of nitrogens with one attached hydrogen (secondary N) is 2. The van der Waals surface area contributed by atoms with Gasteiger partial charge in [-0.15, -0.1) is 5.10 Å². The van der Waals surface area contributed by atoms with Crippen LogP contribution >= 0.6 is 11.6 Å². The number of hydrogen-bond acceptors (Lipinski definition) is 5. The molecule has 2 unspecified atom stereocenters. The zero-order valence-electron chi connectivity index (χ0n) is 18.1. The van der Waals surface area contributed by atoms with Gasteiger partial charge in [0.15, 0.2) is 5.75 Å². The summed E-state index contributed by atoms with van der Waals surface area (Å²) >= 11 is 6.44. The van der Waals surface area contributed by atoms with Gasteiger partial charge in [0.05, 0.1) is 23.8 Å². The van der Waals surface area contributed by atoms with E-state index in [2.05, 4.69) is 76.1 Å². The van der Waals surface area contributed by atoms with Crippen molar-refractivity contribution in [3.63, 3.8) is 0 Å². The van der Waals surface area contributed by atoms with Crippen molar-refractivity contribution in [3.8, 4) is 5.75 Å². The molecular formula is C24H23ClN6O. The van der Waals surface area contributed by atoms with E-state index >= 15 is 0 Å². The quantitative estimate of drug-likeness (QED) is 0.473. The molecule has 1 aliphatic heterocycles. The third-order valence-electron chi connectivity index (χ3n) is 6.68. The van der Waals surface area contributed by atoms with Crippen molar-refractivity contribution in [2.45, 2.75) is 38.8 Å². The molecular weight excluding hydrogens is 424 g/mol. The van der Waals surface area contributed by atoms with E-state index in [9.17, 15) is 0 Å². The third-order valence-corrected chi connectivity index (χ3v) is 6.91. The molecule has 6 rings (SSSR count). The summed E-state index contributed by atoms with van der Waals surface area (Å²) < 4.78 is 8.19. The molecule has 0 fully saturated rings. The summed E-state index contributed by atoms with van der Waals surface area (Å²) in [4.78, 5) is 3.59. The molecule has 8 heteroatoms. The Balaban J connectivity index is 1.52. The van der Waals surface area contributed by atoms with Crippen molar-refractivity contribution in [1.29, 1.82) is 0 Å². The lowest BCUT2D eigenvalue weighted by atomic mass is 9.76. The second-order valence-corrected chi connectivity index (χ2v) is 9.25. The fourth-order valence-electron chi connectivity index (χ4n) is 4.93. The van der Waals surface area contributed by atoms with Crippen LogP contribution in [-0.2, 0) is 12.0 Å². The number of benzene rings is 2. The number of allylic oxidation sites excluding steroid dienone is 2. The van der Waals surface area contributed by atoms with Gasteiger partial charge < -0.3 is 15.0 Å². The monoisotopic (exact) mass is 446 g/mol. The van der Waals surface area contributed by atoms with Crippen LogP contribution in [0.5, 0.6) is 5.75 Å². The Hall–Kier alpha value is -3.32. The molecule has 7 nitrogen and oxygen atoms in total. The summed E-state index contributed by atoms with van der Waals surface area (Å²) in [5.41, 5.74) is 5.25. The Morgan fingerprint density at radius 3 is 2.91 bits per heavy atom. The maximum absolute atomic E-state index is 6.44. The number of aryl methyl sites for hydroxylation is 2. The highest BCUT2D eigenvalue weighted by Crippen LogP contribution is 2.52. The first kappa shape index (κ1) is 19.4. The Kier molecular flexibility index (Phi) is 4.14. The van der Waals surface area contributed by atoms with Crippen LogP contribution < -0.4 is 10.1 Å².